The molecule has 1 aliphatic rings. The predicted octanol–water partition coefficient (Wildman–Crippen LogP) is 7.66. The summed E-state index contributed by atoms with van der Waals surface area (Å²) in [4.78, 5) is 15.1. The fraction of sp³-hybridized carbons (Fsp3) is 0.286. The predicted molar refractivity (Wildman–Crippen MR) is 174 cm³/mol. The maximum atomic E-state index is 14.7. The summed E-state index contributed by atoms with van der Waals surface area (Å²) < 4.78 is 21.0. The van der Waals surface area contributed by atoms with Gasteiger partial charge in [0.1, 0.15) is 22.8 Å². The minimum atomic E-state index is -0.277. The lowest BCUT2D eigenvalue weighted by atomic mass is 9.98. The van der Waals surface area contributed by atoms with Crippen molar-refractivity contribution in [1.29, 1.82) is 0 Å². The van der Waals surface area contributed by atoms with Gasteiger partial charge in [-0.2, -0.15) is 5.10 Å². The van der Waals surface area contributed by atoms with Crippen LogP contribution in [-0.2, 0) is 0 Å². The molecule has 8 nitrogen and oxygen atoms in total. The summed E-state index contributed by atoms with van der Waals surface area (Å²) in [7, 11) is 4.04. The number of anilines is 1. The lowest BCUT2D eigenvalue weighted by molar-refractivity contribution is 0.154. The Hall–Kier alpha value is -4.76. The number of ether oxygens (including phenoxy) is 1. The minimum Gasteiger partial charge on any atom is -0.489 e. The van der Waals surface area contributed by atoms with Gasteiger partial charge in [0.25, 0.3) is 0 Å². The molecule has 1 saturated carbocycles. The Labute approximate surface area is 255 Å². The van der Waals surface area contributed by atoms with Gasteiger partial charge in [0.15, 0.2) is 0 Å². The molecule has 0 saturated heterocycles. The van der Waals surface area contributed by atoms with E-state index >= 15 is 0 Å². The number of aromatic amines is 2. The van der Waals surface area contributed by atoms with E-state index in [2.05, 4.69) is 36.4 Å². The maximum absolute atomic E-state index is 14.7. The van der Waals surface area contributed by atoms with E-state index in [4.69, 9.17) is 9.72 Å². The molecule has 0 radical (unpaired) electrons. The lowest BCUT2D eigenvalue weighted by Gasteiger charge is -2.22. The average molecular weight is 590 g/mol. The molecule has 44 heavy (non-hydrogen) atoms. The number of aromatic nitrogens is 5. The highest BCUT2D eigenvalue weighted by molar-refractivity contribution is 6.00. The summed E-state index contributed by atoms with van der Waals surface area (Å²) in [6.07, 6.45) is 9.75. The van der Waals surface area contributed by atoms with Crippen LogP contribution < -0.4 is 10.1 Å². The third-order valence-corrected chi connectivity index (χ3v) is 8.29. The average Bonchev–Trinajstić information content (AvgIpc) is 3.65. The van der Waals surface area contributed by atoms with Crippen molar-refractivity contribution < 1.29 is 9.13 Å². The second-order valence-corrected chi connectivity index (χ2v) is 11.9. The first-order valence-corrected chi connectivity index (χ1v) is 15.3. The van der Waals surface area contributed by atoms with Crippen molar-refractivity contribution in [2.45, 2.75) is 38.2 Å². The first-order chi connectivity index (χ1) is 21.5. The van der Waals surface area contributed by atoms with Crippen molar-refractivity contribution in [3.8, 4) is 39.5 Å². The number of hydrogen-bond acceptors (Lipinski definition) is 6. The zero-order valence-corrected chi connectivity index (χ0v) is 25.0. The van der Waals surface area contributed by atoms with E-state index in [0.717, 1.165) is 93.1 Å². The van der Waals surface area contributed by atoms with Crippen molar-refractivity contribution in [3.05, 3.63) is 78.9 Å². The fourth-order valence-electron chi connectivity index (χ4n) is 6.05. The van der Waals surface area contributed by atoms with Gasteiger partial charge in [0.05, 0.1) is 29.2 Å². The van der Waals surface area contributed by atoms with Crippen LogP contribution in [0.15, 0.2) is 73.1 Å². The van der Waals surface area contributed by atoms with Gasteiger partial charge in [-0.3, -0.25) is 10.1 Å². The molecule has 1 aliphatic carbocycles. The topological polar surface area (TPSA) is 94.8 Å². The van der Waals surface area contributed by atoms with Crippen LogP contribution in [0.25, 0.3) is 55.7 Å². The molecule has 3 N–H and O–H groups in total. The number of hydrogen-bond donors (Lipinski definition) is 3. The quantitative estimate of drug-likeness (QED) is 0.160. The van der Waals surface area contributed by atoms with Gasteiger partial charge in [-0.15, -0.1) is 0 Å². The summed E-state index contributed by atoms with van der Waals surface area (Å²) in [5.41, 5.74) is 8.28. The van der Waals surface area contributed by atoms with Crippen molar-refractivity contribution in [2.75, 3.05) is 32.5 Å². The van der Waals surface area contributed by atoms with E-state index in [-0.39, 0.29) is 11.9 Å². The molecule has 0 aliphatic heterocycles. The highest BCUT2D eigenvalue weighted by Gasteiger charge is 2.18. The van der Waals surface area contributed by atoms with E-state index in [1.807, 2.05) is 62.8 Å². The Balaban J connectivity index is 1.21. The fourth-order valence-corrected chi connectivity index (χ4v) is 6.05. The summed E-state index contributed by atoms with van der Waals surface area (Å²) in [6.45, 7) is 1.58. The van der Waals surface area contributed by atoms with Crippen LogP contribution in [-0.4, -0.2) is 63.3 Å². The van der Waals surface area contributed by atoms with E-state index in [0.29, 0.717) is 0 Å². The third kappa shape index (κ3) is 5.88. The molecule has 7 rings (SSSR count). The van der Waals surface area contributed by atoms with Crippen LogP contribution in [0.2, 0.25) is 0 Å². The van der Waals surface area contributed by atoms with Gasteiger partial charge in [0.2, 0.25) is 0 Å². The van der Waals surface area contributed by atoms with Crippen LogP contribution in [0.4, 0.5) is 10.1 Å². The Bertz CT molecular complexity index is 1920. The summed E-state index contributed by atoms with van der Waals surface area (Å²) in [6, 6.07) is 19.2. The summed E-state index contributed by atoms with van der Waals surface area (Å²) in [5.74, 6) is 0.501. The zero-order chi connectivity index (χ0) is 30.0. The molecular formula is C35H36FN7O. The van der Waals surface area contributed by atoms with Crippen molar-refractivity contribution >= 4 is 27.6 Å². The molecule has 0 spiro atoms. The van der Waals surface area contributed by atoms with Crippen molar-refractivity contribution in [3.63, 3.8) is 0 Å². The van der Waals surface area contributed by atoms with Crippen LogP contribution in [0, 0.1) is 5.82 Å². The van der Waals surface area contributed by atoms with Crippen LogP contribution in [0.5, 0.6) is 5.75 Å². The van der Waals surface area contributed by atoms with Crippen molar-refractivity contribution in [1.82, 2.24) is 30.0 Å². The van der Waals surface area contributed by atoms with Crippen molar-refractivity contribution in [2.24, 2.45) is 0 Å². The second kappa shape index (κ2) is 12.1. The minimum absolute atomic E-state index is 0.252. The number of rotatable bonds is 9. The summed E-state index contributed by atoms with van der Waals surface area (Å²) >= 11 is 0. The van der Waals surface area contributed by atoms with Gasteiger partial charge in [0, 0.05) is 41.4 Å². The number of nitrogens with zero attached hydrogens (tertiary/aromatic N) is 4. The first-order valence-electron chi connectivity index (χ1n) is 15.3. The number of halogens is 1. The molecular weight excluding hydrogens is 553 g/mol. The lowest BCUT2D eigenvalue weighted by Crippen LogP contribution is -2.20. The number of pyridine rings is 2. The third-order valence-electron chi connectivity index (χ3n) is 8.29. The van der Waals surface area contributed by atoms with Crippen LogP contribution in [0.1, 0.15) is 32.1 Å². The standard InChI is InChI=1S/C35H36FN7O/c1-43(2)14-13-38-25-16-22(15-24(36)18-25)28-9-6-10-31-29(28)19-33(39-31)35-34-32(41-42-35)12-11-30(40-34)23-17-27(21-37-20-23)44-26-7-4-3-5-8-26/h6,9-12,15-21,26,38-39H,3-5,7-8,13-14H2,1-2H3,(H,41,42). The maximum Gasteiger partial charge on any atom is 0.138 e. The largest absolute Gasteiger partial charge is 0.489 e. The van der Waals surface area contributed by atoms with Gasteiger partial charge >= 0.3 is 0 Å². The molecule has 6 aromatic rings. The summed E-state index contributed by atoms with van der Waals surface area (Å²) in [5, 5.41) is 12.1. The van der Waals surface area contributed by atoms with E-state index in [9.17, 15) is 4.39 Å². The Morgan fingerprint density at radius 1 is 0.955 bits per heavy atom. The Morgan fingerprint density at radius 2 is 1.84 bits per heavy atom. The normalized spacial score (nSPS) is 14.1. The van der Waals surface area contributed by atoms with Gasteiger partial charge < -0.3 is 19.9 Å². The molecule has 0 unspecified atom stereocenters. The number of fused-ring (bicyclic) bond motifs is 2. The number of nitrogens with one attached hydrogen (secondary N) is 3. The highest BCUT2D eigenvalue weighted by Crippen LogP contribution is 2.36. The van der Waals surface area contributed by atoms with Gasteiger partial charge in [-0.25, -0.2) is 9.37 Å². The Kier molecular flexibility index (Phi) is 7.70. The molecule has 4 heterocycles. The van der Waals surface area contributed by atoms with E-state index in [1.54, 1.807) is 12.3 Å². The highest BCUT2D eigenvalue weighted by atomic mass is 19.1. The zero-order valence-electron chi connectivity index (χ0n) is 25.0. The van der Waals surface area contributed by atoms with Gasteiger partial charge in [-0.05, 0) is 99.4 Å². The van der Waals surface area contributed by atoms with E-state index < -0.39 is 0 Å². The van der Waals surface area contributed by atoms with Crippen LogP contribution in [0.3, 0.4) is 0 Å². The molecule has 2 aromatic carbocycles. The number of benzene rings is 2. The van der Waals surface area contributed by atoms with E-state index in [1.165, 1.54) is 25.3 Å². The second-order valence-electron chi connectivity index (χ2n) is 11.9. The molecule has 4 aromatic heterocycles. The van der Waals surface area contributed by atoms with Gasteiger partial charge in [-0.1, -0.05) is 18.6 Å². The number of H-pyrrole nitrogens is 2. The smallest absolute Gasteiger partial charge is 0.138 e. The Morgan fingerprint density at radius 3 is 2.70 bits per heavy atom. The molecule has 0 bridgehead atoms. The molecule has 1 fully saturated rings. The molecule has 0 atom stereocenters. The molecule has 0 amide bonds. The SMILES string of the molecule is CN(C)CCNc1cc(F)cc(-c2cccc3[nH]c(-c4n[nH]c5ccc(-c6cncc(OC7CCCCC7)c6)nc45)cc23)c1. The van der Waals surface area contributed by atoms with Crippen LogP contribution >= 0.6 is 0 Å². The monoisotopic (exact) mass is 589 g/mol. The molecule has 224 valence electrons. The first kappa shape index (κ1) is 28.0. The molecule has 9 heteroatoms. The number of likely N-dealkylation sites (N-methyl/N-ethyl adjacent to an activating group) is 1.